The number of carboxylic acids is 1. The first-order valence-corrected chi connectivity index (χ1v) is 9.61. The molecule has 8 N–H and O–H groups in total. The van der Waals surface area contributed by atoms with Gasteiger partial charge in [0.15, 0.2) is 0 Å². The number of amides is 3. The lowest BCUT2D eigenvalue weighted by atomic mass is 10.1. The molecule has 12 heteroatoms. The SMILES string of the molecule is CSCCC(NC(=O)C(NC(=O)C(C)N)C(C)O)C(=O)NC(CO)C(=O)O. The maximum atomic E-state index is 12.4. The molecule has 0 heterocycles. The van der Waals surface area contributed by atoms with E-state index in [2.05, 4.69) is 16.0 Å². The average Bonchev–Trinajstić information content (AvgIpc) is 2.59. The molecule has 0 radical (unpaired) electrons. The third-order valence-electron chi connectivity index (χ3n) is 3.52. The Kier molecular flexibility index (Phi) is 11.6. The zero-order valence-corrected chi connectivity index (χ0v) is 16.3. The molecule has 27 heavy (non-hydrogen) atoms. The highest BCUT2D eigenvalue weighted by molar-refractivity contribution is 7.98. The highest BCUT2D eigenvalue weighted by Gasteiger charge is 2.31. The molecule has 3 amide bonds. The van der Waals surface area contributed by atoms with Crippen molar-refractivity contribution in [3.05, 3.63) is 0 Å². The largest absolute Gasteiger partial charge is 0.480 e. The molecule has 0 aliphatic rings. The molecular weight excluding hydrogens is 380 g/mol. The van der Waals surface area contributed by atoms with Crippen LogP contribution in [0.3, 0.4) is 0 Å². The fourth-order valence-corrected chi connectivity index (χ4v) is 2.39. The summed E-state index contributed by atoms with van der Waals surface area (Å²) in [7, 11) is 0. The van der Waals surface area contributed by atoms with E-state index < -0.39 is 60.6 Å². The predicted octanol–water partition coefficient (Wildman–Crippen LogP) is -3.00. The standard InChI is InChI=1S/C15H28N4O7S/c1-7(16)12(22)19-11(8(2)21)14(24)17-9(4-5-27-3)13(23)18-10(6-20)15(25)26/h7-11,20-21H,4-6,16H2,1-3H3,(H,17,24)(H,18,23)(H,19,22)(H,25,26). The normalized spacial score (nSPS) is 16.4. The van der Waals surface area contributed by atoms with Crippen LogP contribution in [0.1, 0.15) is 20.3 Å². The van der Waals surface area contributed by atoms with E-state index in [1.165, 1.54) is 25.6 Å². The van der Waals surface area contributed by atoms with Crippen LogP contribution in [0.2, 0.25) is 0 Å². The van der Waals surface area contributed by atoms with Gasteiger partial charge in [-0.05, 0) is 32.3 Å². The van der Waals surface area contributed by atoms with Gasteiger partial charge in [-0.25, -0.2) is 4.79 Å². The van der Waals surface area contributed by atoms with E-state index in [4.69, 9.17) is 15.9 Å². The van der Waals surface area contributed by atoms with Gasteiger partial charge in [0.05, 0.1) is 18.8 Å². The number of aliphatic carboxylic acids is 1. The molecule has 0 aromatic carbocycles. The molecule has 11 nitrogen and oxygen atoms in total. The van der Waals surface area contributed by atoms with Crippen molar-refractivity contribution in [2.75, 3.05) is 18.6 Å². The Bertz CT molecular complexity index is 530. The number of aliphatic hydroxyl groups excluding tert-OH is 2. The Morgan fingerprint density at radius 2 is 1.56 bits per heavy atom. The Hall–Kier alpha value is -1.89. The second-order valence-electron chi connectivity index (χ2n) is 5.94. The van der Waals surface area contributed by atoms with Gasteiger partial charge >= 0.3 is 5.97 Å². The minimum absolute atomic E-state index is 0.171. The van der Waals surface area contributed by atoms with Gasteiger partial charge in [0.2, 0.25) is 17.7 Å². The van der Waals surface area contributed by atoms with Gasteiger partial charge in [0, 0.05) is 0 Å². The van der Waals surface area contributed by atoms with E-state index in [1.807, 2.05) is 0 Å². The monoisotopic (exact) mass is 408 g/mol. The van der Waals surface area contributed by atoms with E-state index in [0.717, 1.165) is 0 Å². The quantitative estimate of drug-likeness (QED) is 0.176. The Balaban J connectivity index is 5.22. The molecule has 0 aliphatic heterocycles. The number of carbonyl (C=O) groups is 4. The molecule has 0 saturated heterocycles. The summed E-state index contributed by atoms with van der Waals surface area (Å²) in [5.74, 6) is -3.24. The number of hydrogen-bond donors (Lipinski definition) is 7. The third kappa shape index (κ3) is 9.04. The van der Waals surface area contributed by atoms with Crippen molar-refractivity contribution in [1.82, 2.24) is 16.0 Å². The highest BCUT2D eigenvalue weighted by atomic mass is 32.2. The molecule has 5 unspecified atom stereocenters. The van der Waals surface area contributed by atoms with Crippen molar-refractivity contribution in [3.8, 4) is 0 Å². The number of rotatable bonds is 12. The van der Waals surface area contributed by atoms with Crippen molar-refractivity contribution < 1.29 is 34.5 Å². The van der Waals surface area contributed by atoms with E-state index in [0.29, 0.717) is 5.75 Å². The number of thioether (sulfide) groups is 1. The van der Waals surface area contributed by atoms with Crippen molar-refractivity contribution in [1.29, 1.82) is 0 Å². The minimum Gasteiger partial charge on any atom is -0.480 e. The fourth-order valence-electron chi connectivity index (χ4n) is 1.91. The van der Waals surface area contributed by atoms with Crippen LogP contribution < -0.4 is 21.7 Å². The minimum atomic E-state index is -1.52. The van der Waals surface area contributed by atoms with Crippen LogP contribution in [0.5, 0.6) is 0 Å². The summed E-state index contributed by atoms with van der Waals surface area (Å²) >= 11 is 1.40. The van der Waals surface area contributed by atoms with Gasteiger partial charge in [-0.1, -0.05) is 0 Å². The highest BCUT2D eigenvalue weighted by Crippen LogP contribution is 2.04. The molecule has 0 aromatic heterocycles. The van der Waals surface area contributed by atoms with Gasteiger partial charge in [0.1, 0.15) is 18.1 Å². The smallest absolute Gasteiger partial charge is 0.328 e. The predicted molar refractivity (Wildman–Crippen MR) is 98.8 cm³/mol. The Morgan fingerprint density at radius 3 is 1.96 bits per heavy atom. The van der Waals surface area contributed by atoms with E-state index in [9.17, 15) is 24.3 Å². The first-order valence-electron chi connectivity index (χ1n) is 8.22. The van der Waals surface area contributed by atoms with Gasteiger partial charge in [-0.3, -0.25) is 14.4 Å². The van der Waals surface area contributed by atoms with Crippen LogP contribution in [0.25, 0.3) is 0 Å². The lowest BCUT2D eigenvalue weighted by Crippen LogP contribution is -2.59. The fraction of sp³-hybridized carbons (Fsp3) is 0.733. The van der Waals surface area contributed by atoms with Gasteiger partial charge < -0.3 is 37.0 Å². The van der Waals surface area contributed by atoms with Crippen molar-refractivity contribution in [2.24, 2.45) is 5.73 Å². The Morgan fingerprint density at radius 1 is 1.00 bits per heavy atom. The lowest BCUT2D eigenvalue weighted by Gasteiger charge is -2.25. The Labute approximate surface area is 161 Å². The van der Waals surface area contributed by atoms with Crippen LogP contribution in [0.15, 0.2) is 0 Å². The van der Waals surface area contributed by atoms with Gasteiger partial charge in [0.25, 0.3) is 0 Å². The van der Waals surface area contributed by atoms with Crippen LogP contribution >= 0.6 is 11.8 Å². The average molecular weight is 408 g/mol. The van der Waals surface area contributed by atoms with E-state index in [1.54, 1.807) is 6.26 Å². The molecular formula is C15H28N4O7S. The van der Waals surface area contributed by atoms with E-state index in [-0.39, 0.29) is 6.42 Å². The lowest BCUT2D eigenvalue weighted by molar-refractivity contribution is -0.143. The number of carbonyl (C=O) groups excluding carboxylic acids is 3. The third-order valence-corrected chi connectivity index (χ3v) is 4.16. The topological polar surface area (TPSA) is 191 Å². The van der Waals surface area contributed by atoms with Crippen LogP contribution in [-0.4, -0.2) is 87.9 Å². The summed E-state index contributed by atoms with van der Waals surface area (Å²) in [6.45, 7) is 1.88. The van der Waals surface area contributed by atoms with Crippen molar-refractivity contribution >= 4 is 35.5 Å². The zero-order chi connectivity index (χ0) is 21.1. The summed E-state index contributed by atoms with van der Waals surface area (Å²) in [6, 6.07) is -4.89. The molecule has 0 aromatic rings. The maximum Gasteiger partial charge on any atom is 0.328 e. The number of hydrogen-bond acceptors (Lipinski definition) is 8. The molecule has 0 spiro atoms. The summed E-state index contributed by atoms with van der Waals surface area (Å²) < 4.78 is 0. The summed E-state index contributed by atoms with van der Waals surface area (Å²) in [5.41, 5.74) is 5.43. The molecule has 0 bridgehead atoms. The number of carboxylic acid groups (broad SMARTS) is 1. The van der Waals surface area contributed by atoms with Crippen molar-refractivity contribution in [3.63, 3.8) is 0 Å². The van der Waals surface area contributed by atoms with Crippen LogP contribution in [0, 0.1) is 0 Å². The second-order valence-corrected chi connectivity index (χ2v) is 6.93. The molecule has 0 rings (SSSR count). The first-order chi connectivity index (χ1) is 12.5. The summed E-state index contributed by atoms with van der Waals surface area (Å²) in [6.07, 6.45) is 0.692. The molecule has 0 saturated carbocycles. The van der Waals surface area contributed by atoms with E-state index >= 15 is 0 Å². The first kappa shape index (κ1) is 25.1. The van der Waals surface area contributed by atoms with Crippen LogP contribution in [-0.2, 0) is 19.2 Å². The molecule has 0 aliphatic carbocycles. The second kappa shape index (κ2) is 12.5. The van der Waals surface area contributed by atoms with Crippen molar-refractivity contribution in [2.45, 2.75) is 50.5 Å². The van der Waals surface area contributed by atoms with Crippen LogP contribution in [0.4, 0.5) is 0 Å². The number of nitrogens with one attached hydrogen (secondary N) is 3. The van der Waals surface area contributed by atoms with Gasteiger partial charge in [-0.2, -0.15) is 11.8 Å². The summed E-state index contributed by atoms with van der Waals surface area (Å²) in [5, 5.41) is 34.5. The molecule has 5 atom stereocenters. The van der Waals surface area contributed by atoms with Gasteiger partial charge in [-0.15, -0.1) is 0 Å². The molecule has 156 valence electrons. The molecule has 0 fully saturated rings. The number of aliphatic hydroxyl groups is 2. The maximum absolute atomic E-state index is 12.4. The summed E-state index contributed by atoms with van der Waals surface area (Å²) in [4.78, 5) is 47.4. The number of nitrogens with two attached hydrogens (primary N) is 1. The zero-order valence-electron chi connectivity index (χ0n) is 15.5.